The number of esters is 1. The van der Waals surface area contributed by atoms with Crippen molar-refractivity contribution in [2.45, 2.75) is 26.5 Å². The van der Waals surface area contributed by atoms with E-state index in [-0.39, 0.29) is 6.10 Å². The van der Waals surface area contributed by atoms with Gasteiger partial charge in [-0.1, -0.05) is 0 Å². The number of ether oxygens (including phenoxy) is 2. The van der Waals surface area contributed by atoms with Gasteiger partial charge in [0, 0.05) is 18.3 Å². The molecule has 114 valence electrons. The Kier molecular flexibility index (Phi) is 4.69. The van der Waals surface area contributed by atoms with Crippen molar-refractivity contribution in [2.75, 3.05) is 18.2 Å². The highest BCUT2D eigenvalue weighted by Gasteiger charge is 2.23. The maximum absolute atomic E-state index is 11.7. The third kappa shape index (κ3) is 3.46. The predicted molar refractivity (Wildman–Crippen MR) is 81.7 cm³/mol. The highest BCUT2D eigenvalue weighted by Crippen LogP contribution is 2.43. The molecule has 0 aliphatic heterocycles. The van der Waals surface area contributed by atoms with E-state index in [1.54, 1.807) is 12.4 Å². The van der Waals surface area contributed by atoms with Gasteiger partial charge in [-0.15, -0.1) is 11.3 Å². The zero-order valence-electron chi connectivity index (χ0n) is 12.1. The van der Waals surface area contributed by atoms with Crippen molar-refractivity contribution in [3.63, 3.8) is 0 Å². The van der Waals surface area contributed by atoms with Crippen LogP contribution >= 0.6 is 11.3 Å². The third-order valence-corrected chi connectivity index (χ3v) is 3.76. The maximum atomic E-state index is 11.7. The number of nitrogen functional groups attached to an aromatic ring is 1. The number of rotatable bonds is 6. The van der Waals surface area contributed by atoms with Gasteiger partial charge in [-0.25, -0.2) is 4.79 Å². The Morgan fingerprint density at radius 3 is 2.90 bits per heavy atom. The number of nitrogens with two attached hydrogens (primary N) is 1. The monoisotopic (exact) mass is 310 g/mol. The number of aromatic nitrogens is 2. The minimum Gasteiger partial charge on any atom is -0.486 e. The van der Waals surface area contributed by atoms with E-state index in [0.29, 0.717) is 27.9 Å². The molecule has 0 bridgehead atoms. The molecule has 0 aliphatic rings. The Morgan fingerprint density at radius 2 is 2.33 bits per heavy atom. The Balaban J connectivity index is 2.26. The first-order valence-electron chi connectivity index (χ1n) is 6.41. The summed E-state index contributed by atoms with van der Waals surface area (Å²) in [6, 6.07) is 0. The van der Waals surface area contributed by atoms with E-state index < -0.39 is 5.97 Å². The van der Waals surface area contributed by atoms with Crippen molar-refractivity contribution in [3.8, 4) is 5.75 Å². The molecule has 0 amide bonds. The van der Waals surface area contributed by atoms with Crippen molar-refractivity contribution in [1.29, 1.82) is 0 Å². The van der Waals surface area contributed by atoms with Gasteiger partial charge < -0.3 is 20.5 Å². The largest absolute Gasteiger partial charge is 0.486 e. The first kappa shape index (κ1) is 15.2. The van der Waals surface area contributed by atoms with Crippen LogP contribution in [0.1, 0.15) is 29.1 Å². The third-order valence-electron chi connectivity index (χ3n) is 2.63. The lowest BCUT2D eigenvalue weighted by molar-refractivity contribution is 0.0607. The lowest BCUT2D eigenvalue weighted by atomic mass is 10.3. The number of hydrogen-bond acceptors (Lipinski definition) is 7. The Morgan fingerprint density at radius 1 is 1.57 bits per heavy atom. The molecule has 21 heavy (non-hydrogen) atoms. The van der Waals surface area contributed by atoms with Crippen molar-refractivity contribution >= 4 is 28.0 Å². The number of hydrogen-bond donors (Lipinski definition) is 3. The Bertz CT molecular complexity index is 607. The molecule has 0 aliphatic carbocycles. The molecule has 2 heterocycles. The number of thiophene rings is 1. The summed E-state index contributed by atoms with van der Waals surface area (Å²) >= 11 is 1.22. The Hall–Kier alpha value is -2.22. The number of nitrogens with one attached hydrogen (secondary N) is 2. The molecule has 7 nitrogen and oxygen atoms in total. The van der Waals surface area contributed by atoms with E-state index in [1.807, 2.05) is 13.8 Å². The van der Waals surface area contributed by atoms with Crippen LogP contribution in [0.4, 0.5) is 10.7 Å². The van der Waals surface area contributed by atoms with Crippen LogP contribution in [0.5, 0.6) is 5.75 Å². The number of nitrogens with zero attached hydrogens (tertiary/aromatic N) is 1. The molecule has 0 spiro atoms. The number of aromatic amines is 1. The fraction of sp³-hybridized carbons (Fsp3) is 0.385. The quantitative estimate of drug-likeness (QED) is 0.707. The van der Waals surface area contributed by atoms with Gasteiger partial charge in [0.25, 0.3) is 0 Å². The molecular weight excluding hydrogens is 292 g/mol. The van der Waals surface area contributed by atoms with Crippen LogP contribution in [0.15, 0.2) is 12.4 Å². The molecular formula is C13H18N4O3S. The number of H-pyrrole nitrogens is 1. The molecule has 0 aromatic carbocycles. The Labute approximate surface area is 126 Å². The lowest BCUT2D eigenvalue weighted by Gasteiger charge is -2.12. The number of carbonyl (C=O) groups excluding carboxylic acids is 1. The van der Waals surface area contributed by atoms with Gasteiger partial charge in [0.1, 0.15) is 15.6 Å². The standard InChI is InChI=1S/C13H18N4O3S/c1-7(2)20-10-9(14)11(13(18)19-3)21-12(10)15-4-8-5-16-17-6-8/h5-7,15H,4,14H2,1-3H3,(H,16,17). The fourth-order valence-corrected chi connectivity index (χ4v) is 2.67. The van der Waals surface area contributed by atoms with Crippen LogP contribution in [0, 0.1) is 0 Å². The van der Waals surface area contributed by atoms with E-state index in [9.17, 15) is 4.79 Å². The summed E-state index contributed by atoms with van der Waals surface area (Å²) < 4.78 is 10.4. The van der Waals surface area contributed by atoms with Gasteiger partial charge >= 0.3 is 5.97 Å². The zero-order valence-corrected chi connectivity index (χ0v) is 12.9. The topological polar surface area (TPSA) is 102 Å². The van der Waals surface area contributed by atoms with Crippen LogP contribution in [-0.2, 0) is 11.3 Å². The SMILES string of the molecule is COC(=O)c1sc(NCc2cn[nH]c2)c(OC(C)C)c1N. The van der Waals surface area contributed by atoms with Gasteiger partial charge in [0.05, 0.1) is 19.4 Å². The zero-order chi connectivity index (χ0) is 15.4. The lowest BCUT2D eigenvalue weighted by Crippen LogP contribution is -2.09. The van der Waals surface area contributed by atoms with E-state index in [4.69, 9.17) is 15.2 Å². The first-order valence-corrected chi connectivity index (χ1v) is 7.23. The molecule has 2 aromatic heterocycles. The number of carbonyl (C=O) groups is 1. The van der Waals surface area contributed by atoms with Crippen molar-refractivity contribution in [3.05, 3.63) is 22.8 Å². The minimum absolute atomic E-state index is 0.0538. The average molecular weight is 310 g/mol. The fourth-order valence-electron chi connectivity index (χ4n) is 1.70. The molecule has 0 radical (unpaired) electrons. The summed E-state index contributed by atoms with van der Waals surface area (Å²) in [4.78, 5) is 12.1. The summed E-state index contributed by atoms with van der Waals surface area (Å²) in [6.07, 6.45) is 3.45. The second kappa shape index (κ2) is 6.49. The second-order valence-corrected chi connectivity index (χ2v) is 5.64. The molecule has 0 fully saturated rings. The van der Waals surface area contributed by atoms with Crippen molar-refractivity contribution < 1.29 is 14.3 Å². The predicted octanol–water partition coefficient (Wildman–Crippen LogP) is 2.24. The van der Waals surface area contributed by atoms with Gasteiger partial charge in [-0.2, -0.15) is 5.10 Å². The second-order valence-electron chi connectivity index (χ2n) is 4.62. The smallest absolute Gasteiger partial charge is 0.350 e. The first-order chi connectivity index (χ1) is 10.0. The van der Waals surface area contributed by atoms with Crippen LogP contribution in [0.3, 0.4) is 0 Å². The van der Waals surface area contributed by atoms with Crippen LogP contribution in [-0.4, -0.2) is 29.4 Å². The summed E-state index contributed by atoms with van der Waals surface area (Å²) in [7, 11) is 1.32. The van der Waals surface area contributed by atoms with Crippen LogP contribution < -0.4 is 15.8 Å². The normalized spacial score (nSPS) is 10.7. The molecule has 8 heteroatoms. The highest BCUT2D eigenvalue weighted by molar-refractivity contribution is 7.19. The van der Waals surface area contributed by atoms with Gasteiger partial charge in [-0.3, -0.25) is 5.10 Å². The molecule has 2 aromatic rings. The van der Waals surface area contributed by atoms with Gasteiger partial charge in [0.2, 0.25) is 0 Å². The van der Waals surface area contributed by atoms with E-state index in [0.717, 1.165) is 5.56 Å². The molecule has 0 atom stereocenters. The summed E-state index contributed by atoms with van der Waals surface area (Å²) in [6.45, 7) is 4.34. The molecule has 2 rings (SSSR count). The van der Waals surface area contributed by atoms with E-state index in [2.05, 4.69) is 15.5 Å². The van der Waals surface area contributed by atoms with Gasteiger partial charge in [-0.05, 0) is 13.8 Å². The minimum atomic E-state index is -0.470. The molecule has 0 saturated carbocycles. The summed E-state index contributed by atoms with van der Waals surface area (Å²) in [5, 5.41) is 10.5. The number of anilines is 2. The molecule has 0 saturated heterocycles. The van der Waals surface area contributed by atoms with Crippen molar-refractivity contribution in [2.24, 2.45) is 0 Å². The van der Waals surface area contributed by atoms with Crippen molar-refractivity contribution in [1.82, 2.24) is 10.2 Å². The summed E-state index contributed by atoms with van der Waals surface area (Å²) in [5.74, 6) is 0.0152. The average Bonchev–Trinajstić information content (AvgIpc) is 3.06. The maximum Gasteiger partial charge on any atom is 0.350 e. The molecule has 0 unspecified atom stereocenters. The van der Waals surface area contributed by atoms with Crippen LogP contribution in [0.25, 0.3) is 0 Å². The highest BCUT2D eigenvalue weighted by atomic mass is 32.1. The number of methoxy groups -OCH3 is 1. The van der Waals surface area contributed by atoms with E-state index >= 15 is 0 Å². The van der Waals surface area contributed by atoms with Gasteiger partial charge in [0.15, 0.2) is 5.75 Å². The summed E-state index contributed by atoms with van der Waals surface area (Å²) in [5.41, 5.74) is 7.29. The van der Waals surface area contributed by atoms with E-state index in [1.165, 1.54) is 18.4 Å². The molecule has 4 N–H and O–H groups in total. The van der Waals surface area contributed by atoms with Crippen LogP contribution in [0.2, 0.25) is 0 Å².